The first-order chi connectivity index (χ1) is 15.6. The molecule has 0 saturated heterocycles. The van der Waals surface area contributed by atoms with E-state index >= 15 is 0 Å². The van der Waals surface area contributed by atoms with Crippen molar-refractivity contribution in [3.8, 4) is 5.75 Å². The van der Waals surface area contributed by atoms with Crippen molar-refractivity contribution < 1.29 is 4.74 Å². The third-order valence-electron chi connectivity index (χ3n) is 5.07. The zero-order valence-corrected chi connectivity index (χ0v) is 19.0. The Hall–Kier alpha value is -3.65. The van der Waals surface area contributed by atoms with Crippen LogP contribution in [0.25, 0.3) is 0 Å². The van der Waals surface area contributed by atoms with Gasteiger partial charge in [0.15, 0.2) is 11.8 Å². The average Bonchev–Trinajstić information content (AvgIpc) is 3.43. The molecule has 0 aliphatic heterocycles. The minimum Gasteiger partial charge on any atom is -0.471 e. The van der Waals surface area contributed by atoms with Crippen LogP contribution in [0.4, 0.5) is 11.4 Å². The van der Waals surface area contributed by atoms with Crippen molar-refractivity contribution >= 4 is 28.7 Å². The molecule has 164 valence electrons. The van der Waals surface area contributed by atoms with Gasteiger partial charge in [0.05, 0.1) is 36.5 Å². The second-order valence-corrected chi connectivity index (χ2v) is 7.88. The third kappa shape index (κ3) is 5.73. The first-order valence-electron chi connectivity index (χ1n) is 10.5. The van der Waals surface area contributed by atoms with Gasteiger partial charge in [-0.1, -0.05) is 43.3 Å². The van der Waals surface area contributed by atoms with Crippen LogP contribution in [-0.4, -0.2) is 24.7 Å². The molecule has 2 aromatic heterocycles. The minimum atomic E-state index is 0.318. The number of nitrogens with one attached hydrogen (secondary N) is 2. The van der Waals surface area contributed by atoms with Gasteiger partial charge < -0.3 is 15.4 Å². The van der Waals surface area contributed by atoms with E-state index in [0.29, 0.717) is 18.4 Å². The third-order valence-corrected chi connectivity index (χ3v) is 5.28. The van der Waals surface area contributed by atoms with Gasteiger partial charge in [0, 0.05) is 6.20 Å². The van der Waals surface area contributed by atoms with Crippen molar-refractivity contribution in [3.63, 3.8) is 0 Å². The van der Waals surface area contributed by atoms with Crippen molar-refractivity contribution in [2.45, 2.75) is 33.5 Å². The van der Waals surface area contributed by atoms with Gasteiger partial charge in [-0.2, -0.15) is 10.2 Å². The lowest BCUT2D eigenvalue weighted by Crippen LogP contribution is -2.18. The number of aryl methyl sites for hydroxylation is 2. The van der Waals surface area contributed by atoms with E-state index in [2.05, 4.69) is 58.9 Å². The highest BCUT2D eigenvalue weighted by atomic mass is 32.1. The van der Waals surface area contributed by atoms with Gasteiger partial charge in [0.1, 0.15) is 5.75 Å². The average molecular weight is 447 g/mol. The van der Waals surface area contributed by atoms with Crippen molar-refractivity contribution in [3.05, 3.63) is 90.0 Å². The van der Waals surface area contributed by atoms with E-state index < -0.39 is 0 Å². The van der Waals surface area contributed by atoms with Crippen LogP contribution < -0.4 is 15.4 Å². The minimum absolute atomic E-state index is 0.318. The zero-order chi connectivity index (χ0) is 22.3. The molecule has 0 amide bonds. The van der Waals surface area contributed by atoms with Crippen molar-refractivity contribution in [1.82, 2.24) is 19.6 Å². The number of ether oxygens (including phenoxy) is 1. The summed E-state index contributed by atoms with van der Waals surface area (Å²) in [7, 11) is 0. The Bertz CT molecular complexity index is 1180. The molecule has 2 heterocycles. The molecule has 0 saturated carbocycles. The van der Waals surface area contributed by atoms with Gasteiger partial charge >= 0.3 is 0 Å². The summed E-state index contributed by atoms with van der Waals surface area (Å²) in [6.45, 7) is 5.26. The molecule has 0 spiro atoms. The second-order valence-electron chi connectivity index (χ2n) is 7.47. The van der Waals surface area contributed by atoms with Crippen molar-refractivity contribution in [2.75, 3.05) is 10.6 Å². The van der Waals surface area contributed by atoms with E-state index in [9.17, 15) is 0 Å². The van der Waals surface area contributed by atoms with E-state index in [-0.39, 0.29) is 0 Å². The molecule has 7 nitrogen and oxygen atoms in total. The Morgan fingerprint density at radius 2 is 1.59 bits per heavy atom. The van der Waals surface area contributed by atoms with Crippen LogP contribution in [0.2, 0.25) is 0 Å². The summed E-state index contributed by atoms with van der Waals surface area (Å²) in [5, 5.41) is 15.5. The number of rotatable bonds is 8. The lowest BCUT2D eigenvalue weighted by molar-refractivity contribution is 0.221. The smallest absolute Gasteiger partial charge is 0.180 e. The van der Waals surface area contributed by atoms with Gasteiger partial charge in [-0.15, -0.1) is 0 Å². The first kappa shape index (κ1) is 21.6. The summed E-state index contributed by atoms with van der Waals surface area (Å²) in [4.78, 5) is 0. The van der Waals surface area contributed by atoms with E-state index in [4.69, 9.17) is 17.0 Å². The fourth-order valence-corrected chi connectivity index (χ4v) is 3.47. The van der Waals surface area contributed by atoms with Gasteiger partial charge in [0.2, 0.25) is 0 Å². The number of hydrogen-bond acceptors (Lipinski definition) is 4. The predicted molar refractivity (Wildman–Crippen MR) is 131 cm³/mol. The Kier molecular flexibility index (Phi) is 6.81. The Morgan fingerprint density at radius 1 is 0.938 bits per heavy atom. The molecule has 4 aromatic rings. The van der Waals surface area contributed by atoms with Gasteiger partial charge in [-0.3, -0.25) is 4.68 Å². The highest BCUT2D eigenvalue weighted by molar-refractivity contribution is 7.80. The molecule has 8 heteroatoms. The Labute approximate surface area is 193 Å². The maximum Gasteiger partial charge on any atom is 0.180 e. The topological polar surface area (TPSA) is 68.9 Å². The molecule has 0 atom stereocenters. The van der Waals surface area contributed by atoms with Crippen molar-refractivity contribution in [2.24, 2.45) is 0 Å². The monoisotopic (exact) mass is 446 g/mol. The number of hydrogen-bond donors (Lipinski definition) is 2. The lowest BCUT2D eigenvalue weighted by atomic mass is 10.1. The molecular weight excluding hydrogens is 420 g/mol. The number of nitrogens with zero attached hydrogens (tertiary/aromatic N) is 4. The maximum atomic E-state index is 5.78. The standard InChI is InChI=1S/C24H26N6OS/c1-3-19-8-10-23(11-9-19)31-17-30-16-22(13-26-30)28-24(32)27-21-12-25-29(15-21)14-20-7-5-4-6-18(20)2/h4-13,15-16H,3,14,17H2,1-2H3,(H2,27,28,32). The normalized spacial score (nSPS) is 10.7. The highest BCUT2D eigenvalue weighted by Gasteiger charge is 2.06. The van der Waals surface area contributed by atoms with Crippen LogP contribution >= 0.6 is 12.2 Å². The van der Waals surface area contributed by atoms with Gasteiger partial charge in [-0.25, -0.2) is 4.68 Å². The summed E-state index contributed by atoms with van der Waals surface area (Å²) >= 11 is 5.42. The SMILES string of the molecule is CCc1ccc(OCn2cc(NC(=S)Nc3cnn(Cc4ccccc4C)c3)cn2)cc1. The van der Waals surface area contributed by atoms with Crippen molar-refractivity contribution in [1.29, 1.82) is 0 Å². The molecular formula is C24H26N6OS. The van der Waals surface area contributed by atoms with E-state index in [1.165, 1.54) is 16.7 Å². The maximum absolute atomic E-state index is 5.78. The molecule has 4 rings (SSSR count). The van der Waals surface area contributed by atoms with Gasteiger partial charge in [-0.05, 0) is 54.4 Å². The molecule has 0 aliphatic rings. The summed E-state index contributed by atoms with van der Waals surface area (Å²) in [5.41, 5.74) is 5.36. The summed E-state index contributed by atoms with van der Waals surface area (Å²) in [5.74, 6) is 0.812. The second kappa shape index (κ2) is 10.1. The van der Waals surface area contributed by atoms with Crippen LogP contribution in [-0.2, 0) is 19.7 Å². The number of anilines is 2. The summed E-state index contributed by atoms with van der Waals surface area (Å²) in [6, 6.07) is 16.4. The largest absolute Gasteiger partial charge is 0.471 e. The number of benzene rings is 2. The summed E-state index contributed by atoms with van der Waals surface area (Å²) in [6.07, 6.45) is 8.25. The van der Waals surface area contributed by atoms with Crippen LogP contribution in [0.5, 0.6) is 5.75 Å². The van der Waals surface area contributed by atoms with E-state index in [1.807, 2.05) is 41.3 Å². The predicted octanol–water partition coefficient (Wildman–Crippen LogP) is 4.84. The quantitative estimate of drug-likeness (QED) is 0.377. The molecule has 0 unspecified atom stereocenters. The van der Waals surface area contributed by atoms with Gasteiger partial charge in [0.25, 0.3) is 0 Å². The molecule has 32 heavy (non-hydrogen) atoms. The molecule has 0 fully saturated rings. The summed E-state index contributed by atoms with van der Waals surface area (Å²) < 4.78 is 9.37. The first-order valence-corrected chi connectivity index (χ1v) is 10.9. The number of aromatic nitrogens is 4. The molecule has 2 aromatic carbocycles. The van der Waals surface area contributed by atoms with Crippen LogP contribution in [0.3, 0.4) is 0 Å². The fraction of sp³-hybridized carbons (Fsp3) is 0.208. The van der Waals surface area contributed by atoms with Crippen LogP contribution in [0, 0.1) is 6.92 Å². The van der Waals surface area contributed by atoms with Crippen LogP contribution in [0.1, 0.15) is 23.6 Å². The molecule has 0 radical (unpaired) electrons. The molecule has 0 bridgehead atoms. The lowest BCUT2D eigenvalue weighted by Gasteiger charge is -2.08. The molecule has 2 N–H and O–H groups in total. The zero-order valence-electron chi connectivity index (χ0n) is 18.2. The highest BCUT2D eigenvalue weighted by Crippen LogP contribution is 2.15. The van der Waals surface area contributed by atoms with E-state index in [1.54, 1.807) is 17.1 Å². The van der Waals surface area contributed by atoms with Crippen LogP contribution in [0.15, 0.2) is 73.3 Å². The Morgan fingerprint density at radius 3 is 2.28 bits per heavy atom. The molecule has 0 aliphatic carbocycles. The number of thiocarbonyl (C=S) groups is 1. The fourth-order valence-electron chi connectivity index (χ4n) is 3.23. The Balaban J connectivity index is 1.27. The van der Waals surface area contributed by atoms with E-state index in [0.717, 1.165) is 23.5 Å².